The van der Waals surface area contributed by atoms with Crippen LogP contribution in [0, 0.1) is 12.3 Å². The summed E-state index contributed by atoms with van der Waals surface area (Å²) < 4.78 is 46.6. The zero-order valence-corrected chi connectivity index (χ0v) is 21.9. The lowest BCUT2D eigenvalue weighted by molar-refractivity contribution is 0.0998. The molecule has 0 aliphatic heterocycles. The van der Waals surface area contributed by atoms with Crippen molar-refractivity contribution in [2.45, 2.75) is 11.4 Å². The van der Waals surface area contributed by atoms with Crippen LogP contribution < -0.4 is 23.7 Å². The summed E-state index contributed by atoms with van der Waals surface area (Å²) in [5.41, 5.74) is 1.07. The van der Waals surface area contributed by atoms with Crippen molar-refractivity contribution in [2.24, 2.45) is 4.99 Å². The van der Waals surface area contributed by atoms with Gasteiger partial charge in [0.05, 0.1) is 32.8 Å². The number of hydrogen-bond donors (Lipinski definition) is 1. The van der Waals surface area contributed by atoms with Gasteiger partial charge in [-0.25, -0.2) is 8.42 Å². The summed E-state index contributed by atoms with van der Waals surface area (Å²) in [7, 11) is 0.699. The molecule has 1 amide bonds. The van der Waals surface area contributed by atoms with E-state index in [9.17, 15) is 13.2 Å². The molecule has 0 saturated heterocycles. The first-order valence-electron chi connectivity index (χ1n) is 10.8. The van der Waals surface area contributed by atoms with Crippen LogP contribution in [0.5, 0.6) is 17.2 Å². The highest BCUT2D eigenvalue weighted by atomic mass is 32.2. The van der Waals surface area contributed by atoms with Gasteiger partial charge in [0.1, 0.15) is 27.5 Å². The van der Waals surface area contributed by atoms with Crippen molar-refractivity contribution in [2.75, 3.05) is 26.1 Å². The number of methoxy groups -OCH3 is 3. The Kier molecular flexibility index (Phi) is 7.52. The second-order valence-electron chi connectivity index (χ2n) is 7.60. The van der Waals surface area contributed by atoms with E-state index in [1.54, 1.807) is 61.3 Å². The van der Waals surface area contributed by atoms with E-state index in [-0.39, 0.29) is 22.7 Å². The Balaban J connectivity index is 1.71. The number of hydrogen-bond acceptors (Lipinski definition) is 7. The van der Waals surface area contributed by atoms with Crippen molar-refractivity contribution in [3.63, 3.8) is 0 Å². The van der Waals surface area contributed by atoms with E-state index < -0.39 is 15.9 Å². The van der Waals surface area contributed by atoms with Crippen molar-refractivity contribution in [1.82, 2.24) is 4.57 Å². The lowest BCUT2D eigenvalue weighted by Crippen LogP contribution is -2.17. The zero-order chi connectivity index (χ0) is 26.6. The molecular formula is C26H23N3O6S2. The first-order chi connectivity index (χ1) is 17.8. The van der Waals surface area contributed by atoms with Gasteiger partial charge in [-0.2, -0.15) is 4.99 Å². The van der Waals surface area contributed by atoms with E-state index in [1.165, 1.54) is 36.6 Å². The average molecular weight is 538 g/mol. The fourth-order valence-electron chi connectivity index (χ4n) is 3.61. The van der Waals surface area contributed by atoms with Crippen LogP contribution in [0.15, 0.2) is 70.6 Å². The summed E-state index contributed by atoms with van der Waals surface area (Å²) in [5.74, 6) is 3.70. The number of carbonyl (C=O) groups is 1. The number of thiazole rings is 1. The Morgan fingerprint density at radius 3 is 2.38 bits per heavy atom. The molecule has 0 aliphatic carbocycles. The second kappa shape index (κ2) is 10.8. The van der Waals surface area contributed by atoms with Gasteiger partial charge in [0, 0.05) is 11.3 Å². The number of benzene rings is 3. The van der Waals surface area contributed by atoms with Gasteiger partial charge in [0.25, 0.3) is 15.9 Å². The number of nitrogens with one attached hydrogen (secondary N) is 1. The fraction of sp³-hybridized carbons (Fsp3) is 0.154. The lowest BCUT2D eigenvalue weighted by atomic mass is 10.2. The molecule has 0 fully saturated rings. The lowest BCUT2D eigenvalue weighted by Gasteiger charge is -2.09. The first-order valence-corrected chi connectivity index (χ1v) is 13.1. The van der Waals surface area contributed by atoms with Crippen LogP contribution in [-0.2, 0) is 16.6 Å². The summed E-state index contributed by atoms with van der Waals surface area (Å²) in [5, 5.41) is 0. The molecule has 9 nitrogen and oxygen atoms in total. The minimum atomic E-state index is -3.89. The number of carbonyl (C=O) groups excluding carboxylic acids is 1. The molecule has 190 valence electrons. The maximum Gasteiger partial charge on any atom is 0.279 e. The largest absolute Gasteiger partial charge is 0.497 e. The molecule has 4 aromatic rings. The minimum Gasteiger partial charge on any atom is -0.497 e. The van der Waals surface area contributed by atoms with Crippen molar-refractivity contribution < 1.29 is 27.4 Å². The topological polar surface area (TPSA) is 108 Å². The molecule has 0 aliphatic rings. The minimum absolute atomic E-state index is 0.0539. The molecule has 1 heterocycles. The van der Waals surface area contributed by atoms with Crippen molar-refractivity contribution in [1.29, 1.82) is 0 Å². The number of aromatic nitrogens is 1. The standard InChI is InChI=1S/C26H23N3O6S2/c1-5-15-29-23-21(34-3)13-14-22(35-4)24(23)36-26(29)27-25(30)17-7-6-8-18(16-17)28-37(31,32)20-11-9-19(33-2)10-12-20/h1,6-14,16,28H,15H2,2-4H3. The number of fused-ring (bicyclic) bond motifs is 1. The SMILES string of the molecule is C#CCn1c(=NC(=O)c2cccc(NS(=O)(=O)c3ccc(OC)cc3)c2)sc2c(OC)ccc(OC)c21. The van der Waals surface area contributed by atoms with Crippen LogP contribution >= 0.6 is 11.3 Å². The number of ether oxygens (including phenoxy) is 3. The summed E-state index contributed by atoms with van der Waals surface area (Å²) in [6, 6.07) is 15.6. The van der Waals surface area contributed by atoms with Gasteiger partial charge < -0.3 is 18.8 Å². The van der Waals surface area contributed by atoms with E-state index in [2.05, 4.69) is 15.6 Å². The smallest absolute Gasteiger partial charge is 0.279 e. The maximum absolute atomic E-state index is 13.1. The molecule has 0 radical (unpaired) electrons. The van der Waals surface area contributed by atoms with Crippen molar-refractivity contribution in [3.8, 4) is 29.6 Å². The number of nitrogens with zero attached hydrogens (tertiary/aromatic N) is 2. The molecular weight excluding hydrogens is 514 g/mol. The average Bonchev–Trinajstić information content (AvgIpc) is 3.26. The predicted octanol–water partition coefficient (Wildman–Crippen LogP) is 3.90. The van der Waals surface area contributed by atoms with Crippen LogP contribution in [0.4, 0.5) is 5.69 Å². The van der Waals surface area contributed by atoms with Crippen molar-refractivity contribution in [3.05, 3.63) is 71.0 Å². The monoisotopic (exact) mass is 537 g/mol. The van der Waals surface area contributed by atoms with E-state index in [0.29, 0.717) is 27.6 Å². The molecule has 0 unspecified atom stereocenters. The van der Waals surface area contributed by atoms with Gasteiger partial charge in [-0.3, -0.25) is 9.52 Å². The Morgan fingerprint density at radius 1 is 1.03 bits per heavy atom. The van der Waals surface area contributed by atoms with Crippen LogP contribution in [0.2, 0.25) is 0 Å². The molecule has 0 saturated carbocycles. The fourth-order valence-corrected chi connectivity index (χ4v) is 5.80. The second-order valence-corrected chi connectivity index (χ2v) is 10.3. The third-order valence-corrected chi connectivity index (χ3v) is 7.86. The Bertz CT molecular complexity index is 1680. The summed E-state index contributed by atoms with van der Waals surface area (Å²) in [4.78, 5) is 17.8. The number of terminal acetylenes is 1. The highest BCUT2D eigenvalue weighted by molar-refractivity contribution is 7.92. The molecule has 0 spiro atoms. The first kappa shape index (κ1) is 25.8. The third kappa shape index (κ3) is 5.30. The number of amides is 1. The number of sulfonamides is 1. The Hall–Kier alpha value is -4.27. The zero-order valence-electron chi connectivity index (χ0n) is 20.2. The Labute approximate surface area is 218 Å². The van der Waals surface area contributed by atoms with E-state index in [1.807, 2.05) is 0 Å². The molecule has 0 bridgehead atoms. The van der Waals surface area contributed by atoms with Gasteiger partial charge >= 0.3 is 0 Å². The maximum atomic E-state index is 13.1. The van der Waals surface area contributed by atoms with Crippen LogP contribution in [0.25, 0.3) is 10.2 Å². The third-order valence-electron chi connectivity index (χ3n) is 5.37. The van der Waals surface area contributed by atoms with Gasteiger partial charge in [0.15, 0.2) is 4.80 Å². The van der Waals surface area contributed by atoms with Crippen LogP contribution in [0.3, 0.4) is 0 Å². The summed E-state index contributed by atoms with van der Waals surface area (Å²) in [6.07, 6.45) is 5.59. The van der Waals surface area contributed by atoms with E-state index >= 15 is 0 Å². The number of anilines is 1. The quantitative estimate of drug-likeness (QED) is 0.342. The van der Waals surface area contributed by atoms with E-state index in [0.717, 1.165) is 4.70 Å². The highest BCUT2D eigenvalue weighted by Crippen LogP contribution is 2.35. The van der Waals surface area contributed by atoms with Crippen LogP contribution in [0.1, 0.15) is 10.4 Å². The molecule has 0 atom stereocenters. The molecule has 4 rings (SSSR count). The van der Waals surface area contributed by atoms with Gasteiger partial charge in [-0.15, -0.1) is 6.42 Å². The normalized spacial score (nSPS) is 11.7. The summed E-state index contributed by atoms with van der Waals surface area (Å²) >= 11 is 1.24. The van der Waals surface area contributed by atoms with Gasteiger partial charge in [-0.1, -0.05) is 23.3 Å². The number of rotatable bonds is 8. The summed E-state index contributed by atoms with van der Waals surface area (Å²) in [6.45, 7) is 0.150. The molecule has 1 N–H and O–H groups in total. The van der Waals surface area contributed by atoms with E-state index in [4.69, 9.17) is 20.6 Å². The van der Waals surface area contributed by atoms with Gasteiger partial charge in [0.2, 0.25) is 0 Å². The predicted molar refractivity (Wildman–Crippen MR) is 142 cm³/mol. The Morgan fingerprint density at radius 2 is 1.73 bits per heavy atom. The molecule has 11 heteroatoms. The molecule has 37 heavy (non-hydrogen) atoms. The van der Waals surface area contributed by atoms with Crippen molar-refractivity contribution >= 4 is 43.2 Å². The molecule has 3 aromatic carbocycles. The van der Waals surface area contributed by atoms with Crippen LogP contribution in [-0.4, -0.2) is 40.2 Å². The highest BCUT2D eigenvalue weighted by Gasteiger charge is 2.18. The van der Waals surface area contributed by atoms with Gasteiger partial charge in [-0.05, 0) is 54.6 Å². The molecule has 1 aromatic heterocycles.